The number of carbonyl (C=O) groups is 1. The Morgan fingerprint density at radius 2 is 2.00 bits per heavy atom. The van der Waals surface area contributed by atoms with Gasteiger partial charge in [-0.15, -0.1) is 6.42 Å². The van der Waals surface area contributed by atoms with Crippen molar-refractivity contribution in [3.63, 3.8) is 0 Å². The molecular formula is C16H16N2O. The van der Waals surface area contributed by atoms with Gasteiger partial charge < -0.3 is 10.2 Å². The lowest BCUT2D eigenvalue weighted by molar-refractivity contribution is 0.220. The Balaban J connectivity index is 2.26. The van der Waals surface area contributed by atoms with Crippen LogP contribution >= 0.6 is 0 Å². The highest BCUT2D eigenvalue weighted by molar-refractivity contribution is 6.01. The molecule has 0 saturated carbocycles. The predicted molar refractivity (Wildman–Crippen MR) is 79.0 cm³/mol. The second-order valence-corrected chi connectivity index (χ2v) is 4.18. The maximum absolute atomic E-state index is 12.1. The summed E-state index contributed by atoms with van der Waals surface area (Å²) in [7, 11) is 0. The first-order valence-corrected chi connectivity index (χ1v) is 6.23. The lowest BCUT2D eigenvalue weighted by Gasteiger charge is -2.19. The molecule has 2 aromatic rings. The van der Waals surface area contributed by atoms with Gasteiger partial charge in [-0.05, 0) is 18.4 Å². The number of hydrogen-bond acceptors (Lipinski definition) is 1. The van der Waals surface area contributed by atoms with Crippen molar-refractivity contribution in [2.75, 3.05) is 18.4 Å². The van der Waals surface area contributed by atoms with Gasteiger partial charge in [0.25, 0.3) is 0 Å². The van der Waals surface area contributed by atoms with E-state index in [0.29, 0.717) is 13.1 Å². The van der Waals surface area contributed by atoms with Crippen LogP contribution in [0.4, 0.5) is 10.5 Å². The molecule has 0 saturated heterocycles. The van der Waals surface area contributed by atoms with Gasteiger partial charge in [0, 0.05) is 11.9 Å². The summed E-state index contributed by atoms with van der Waals surface area (Å²) in [5.74, 6) is 2.49. The summed E-state index contributed by atoms with van der Waals surface area (Å²) < 4.78 is 0. The van der Waals surface area contributed by atoms with Crippen LogP contribution in [0.1, 0.15) is 6.92 Å². The molecule has 0 aliphatic rings. The van der Waals surface area contributed by atoms with E-state index in [1.165, 1.54) is 0 Å². The maximum atomic E-state index is 12.1. The molecule has 2 rings (SSSR count). The summed E-state index contributed by atoms with van der Waals surface area (Å²) >= 11 is 0. The molecule has 0 heterocycles. The topological polar surface area (TPSA) is 32.3 Å². The van der Waals surface area contributed by atoms with E-state index in [1.807, 2.05) is 49.4 Å². The van der Waals surface area contributed by atoms with Gasteiger partial charge in [-0.3, -0.25) is 0 Å². The molecule has 3 nitrogen and oxygen atoms in total. The number of amides is 2. The van der Waals surface area contributed by atoms with Crippen LogP contribution in [0.5, 0.6) is 0 Å². The van der Waals surface area contributed by atoms with Crippen molar-refractivity contribution < 1.29 is 4.79 Å². The zero-order valence-corrected chi connectivity index (χ0v) is 10.9. The standard InChI is InChI=1S/C16H16N2O/c1-3-12-18(4-2)16(19)17-15-11-7-9-13-8-5-6-10-14(13)15/h1,5-11H,4,12H2,2H3,(H,17,19). The Morgan fingerprint density at radius 3 is 2.74 bits per heavy atom. The van der Waals surface area contributed by atoms with E-state index in [0.717, 1.165) is 16.5 Å². The summed E-state index contributed by atoms with van der Waals surface area (Å²) in [4.78, 5) is 13.7. The quantitative estimate of drug-likeness (QED) is 0.835. The minimum absolute atomic E-state index is 0.170. The molecule has 3 heteroatoms. The zero-order valence-electron chi connectivity index (χ0n) is 10.9. The summed E-state index contributed by atoms with van der Waals surface area (Å²) in [6.07, 6.45) is 5.26. The van der Waals surface area contributed by atoms with Crippen molar-refractivity contribution >= 4 is 22.5 Å². The van der Waals surface area contributed by atoms with Crippen molar-refractivity contribution in [1.29, 1.82) is 0 Å². The molecule has 0 fully saturated rings. The number of nitrogens with zero attached hydrogens (tertiary/aromatic N) is 1. The Bertz CT molecular complexity index is 623. The molecule has 2 aromatic carbocycles. The molecule has 0 spiro atoms. The molecule has 0 aliphatic heterocycles. The summed E-state index contributed by atoms with van der Waals surface area (Å²) in [5, 5.41) is 5.03. The molecule has 96 valence electrons. The monoisotopic (exact) mass is 252 g/mol. The number of hydrogen-bond donors (Lipinski definition) is 1. The van der Waals surface area contributed by atoms with Gasteiger partial charge in [0.15, 0.2) is 0 Å². The van der Waals surface area contributed by atoms with Gasteiger partial charge in [0.2, 0.25) is 0 Å². The second-order valence-electron chi connectivity index (χ2n) is 4.18. The SMILES string of the molecule is C#CCN(CC)C(=O)Nc1cccc2ccccc12. The Morgan fingerprint density at radius 1 is 1.26 bits per heavy atom. The van der Waals surface area contributed by atoms with Crippen LogP contribution in [0, 0.1) is 12.3 Å². The van der Waals surface area contributed by atoms with E-state index < -0.39 is 0 Å². The van der Waals surface area contributed by atoms with Gasteiger partial charge >= 0.3 is 6.03 Å². The number of terminal acetylenes is 1. The molecule has 0 aliphatic carbocycles. The summed E-state index contributed by atoms with van der Waals surface area (Å²) in [6.45, 7) is 2.80. The molecule has 0 unspecified atom stereocenters. The predicted octanol–water partition coefficient (Wildman–Crippen LogP) is 3.33. The molecule has 2 amide bonds. The highest BCUT2D eigenvalue weighted by atomic mass is 16.2. The van der Waals surface area contributed by atoms with Gasteiger partial charge in [-0.2, -0.15) is 0 Å². The summed E-state index contributed by atoms with van der Waals surface area (Å²) in [5.41, 5.74) is 0.804. The van der Waals surface area contributed by atoms with E-state index in [1.54, 1.807) is 4.90 Å². The molecule has 1 N–H and O–H groups in total. The summed E-state index contributed by atoms with van der Waals surface area (Å²) in [6, 6.07) is 13.6. The number of rotatable bonds is 3. The van der Waals surface area contributed by atoms with E-state index in [9.17, 15) is 4.79 Å². The third kappa shape index (κ3) is 2.86. The molecular weight excluding hydrogens is 236 g/mol. The Kier molecular flexibility index (Phi) is 4.04. The lowest BCUT2D eigenvalue weighted by atomic mass is 10.1. The van der Waals surface area contributed by atoms with Crippen molar-refractivity contribution in [2.24, 2.45) is 0 Å². The Labute approximate surface area is 113 Å². The number of anilines is 1. The fourth-order valence-electron chi connectivity index (χ4n) is 1.97. The van der Waals surface area contributed by atoms with Crippen molar-refractivity contribution in [2.45, 2.75) is 6.92 Å². The third-order valence-electron chi connectivity index (χ3n) is 2.98. The number of benzene rings is 2. The maximum Gasteiger partial charge on any atom is 0.322 e. The number of nitrogens with one attached hydrogen (secondary N) is 1. The van der Waals surface area contributed by atoms with Crippen LogP contribution in [0.25, 0.3) is 10.8 Å². The number of carbonyl (C=O) groups excluding carboxylic acids is 1. The molecule has 0 bridgehead atoms. The van der Waals surface area contributed by atoms with E-state index in [2.05, 4.69) is 11.2 Å². The minimum Gasteiger partial charge on any atom is -0.314 e. The van der Waals surface area contributed by atoms with Crippen LogP contribution in [0.3, 0.4) is 0 Å². The zero-order chi connectivity index (χ0) is 13.7. The molecule has 0 radical (unpaired) electrons. The van der Waals surface area contributed by atoms with E-state index in [4.69, 9.17) is 6.42 Å². The fourth-order valence-corrected chi connectivity index (χ4v) is 1.97. The van der Waals surface area contributed by atoms with Crippen LogP contribution in [0.2, 0.25) is 0 Å². The highest BCUT2D eigenvalue weighted by Gasteiger charge is 2.11. The third-order valence-corrected chi connectivity index (χ3v) is 2.98. The first-order valence-electron chi connectivity index (χ1n) is 6.23. The van der Waals surface area contributed by atoms with E-state index in [-0.39, 0.29) is 6.03 Å². The number of fused-ring (bicyclic) bond motifs is 1. The molecule has 19 heavy (non-hydrogen) atoms. The normalized spacial score (nSPS) is 9.89. The van der Waals surface area contributed by atoms with Gasteiger partial charge in [-0.1, -0.05) is 42.3 Å². The second kappa shape index (κ2) is 5.92. The van der Waals surface area contributed by atoms with Crippen molar-refractivity contribution in [3.05, 3.63) is 42.5 Å². The average Bonchev–Trinajstić information content (AvgIpc) is 2.45. The van der Waals surface area contributed by atoms with Crippen molar-refractivity contribution in [3.8, 4) is 12.3 Å². The smallest absolute Gasteiger partial charge is 0.314 e. The largest absolute Gasteiger partial charge is 0.322 e. The average molecular weight is 252 g/mol. The first kappa shape index (κ1) is 13.0. The number of urea groups is 1. The first-order chi connectivity index (χ1) is 9.26. The van der Waals surface area contributed by atoms with E-state index >= 15 is 0 Å². The van der Waals surface area contributed by atoms with Crippen LogP contribution in [0.15, 0.2) is 42.5 Å². The van der Waals surface area contributed by atoms with Crippen molar-refractivity contribution in [1.82, 2.24) is 4.90 Å². The lowest BCUT2D eigenvalue weighted by Crippen LogP contribution is -2.35. The van der Waals surface area contributed by atoms with Crippen LogP contribution < -0.4 is 5.32 Å². The van der Waals surface area contributed by atoms with Crippen LogP contribution in [-0.4, -0.2) is 24.0 Å². The molecule has 0 atom stereocenters. The highest BCUT2D eigenvalue weighted by Crippen LogP contribution is 2.23. The van der Waals surface area contributed by atoms with Crippen LogP contribution in [-0.2, 0) is 0 Å². The van der Waals surface area contributed by atoms with Gasteiger partial charge in [0.1, 0.15) is 0 Å². The van der Waals surface area contributed by atoms with Gasteiger partial charge in [-0.25, -0.2) is 4.79 Å². The minimum atomic E-state index is -0.170. The fraction of sp³-hybridized carbons (Fsp3) is 0.188. The van der Waals surface area contributed by atoms with Gasteiger partial charge in [0.05, 0.1) is 12.2 Å². The molecule has 0 aromatic heterocycles. The Hall–Kier alpha value is -2.47.